The van der Waals surface area contributed by atoms with Gasteiger partial charge in [-0.25, -0.2) is 0 Å². The van der Waals surface area contributed by atoms with Gasteiger partial charge in [-0.3, -0.25) is 48.2 Å². The summed E-state index contributed by atoms with van der Waals surface area (Å²) >= 11 is 0. The van der Waals surface area contributed by atoms with Gasteiger partial charge in [0.2, 0.25) is 35.4 Å². The van der Waals surface area contributed by atoms with Crippen molar-refractivity contribution in [3.63, 3.8) is 0 Å². The summed E-state index contributed by atoms with van der Waals surface area (Å²) in [6.07, 6.45) is 2.44. The van der Waals surface area contributed by atoms with E-state index in [0.29, 0.717) is 24.3 Å². The van der Waals surface area contributed by atoms with Crippen LogP contribution in [0.3, 0.4) is 0 Å². The van der Waals surface area contributed by atoms with Crippen molar-refractivity contribution in [1.29, 1.82) is 0 Å². The molecule has 1 atom stereocenters. The lowest BCUT2D eigenvalue weighted by Crippen LogP contribution is -2.52. The zero-order chi connectivity index (χ0) is 41.7. The number of imide groups is 1. The average Bonchev–Trinajstić information content (AvgIpc) is 3.54. The van der Waals surface area contributed by atoms with Crippen LogP contribution in [0.1, 0.15) is 17.5 Å². The molecule has 0 bridgehead atoms. The quantitative estimate of drug-likeness (QED) is 0.0924. The first-order valence-corrected chi connectivity index (χ1v) is 18.8. The van der Waals surface area contributed by atoms with E-state index in [2.05, 4.69) is 26.6 Å². The maximum absolute atomic E-state index is 13.1. The number of nitrogens with one attached hydrogen (secondary N) is 5. The number of hydrogen-bond donors (Lipinski definition) is 6. The van der Waals surface area contributed by atoms with E-state index in [1.165, 1.54) is 12.2 Å². The molecule has 2 aliphatic rings. The zero-order valence-corrected chi connectivity index (χ0v) is 32.1. The second-order valence-corrected chi connectivity index (χ2v) is 13.3. The van der Waals surface area contributed by atoms with Gasteiger partial charge in [0.25, 0.3) is 11.8 Å². The first kappa shape index (κ1) is 44.7. The molecular weight excluding hydrogens is 756 g/mol. The highest BCUT2D eigenvalue weighted by molar-refractivity contribution is 6.13. The summed E-state index contributed by atoms with van der Waals surface area (Å²) in [5.74, 6) is -3.99. The van der Waals surface area contributed by atoms with Gasteiger partial charge in [0.1, 0.15) is 6.04 Å². The Morgan fingerprint density at radius 3 is 1.90 bits per heavy atom. The SMILES string of the molecule is O=C(CNC(=O)CN1CCOCCN(C(=O)CCN2C(=O)C=CC2=O)CCOCC1)NCC(=O)N[C@@H](Cc1ccccc1)C(=O)NCC(=O)Nc1ccc(CO)cc1. The first-order valence-electron chi connectivity index (χ1n) is 18.8. The Labute approximate surface area is 335 Å². The van der Waals surface area contributed by atoms with Crippen molar-refractivity contribution in [2.45, 2.75) is 25.5 Å². The van der Waals surface area contributed by atoms with Gasteiger partial charge in [-0.05, 0) is 23.3 Å². The summed E-state index contributed by atoms with van der Waals surface area (Å²) in [6.45, 7) is 0.780. The lowest BCUT2D eigenvalue weighted by Gasteiger charge is -2.26. The molecule has 58 heavy (non-hydrogen) atoms. The Kier molecular flexibility index (Phi) is 18.4. The smallest absolute Gasteiger partial charge is 0.253 e. The molecule has 312 valence electrons. The van der Waals surface area contributed by atoms with Crippen LogP contribution in [-0.4, -0.2) is 158 Å². The molecule has 2 aliphatic heterocycles. The molecule has 6 N–H and O–H groups in total. The Balaban J connectivity index is 1.15. The molecule has 1 saturated heterocycles. The number of aliphatic hydroxyl groups is 1. The van der Waals surface area contributed by atoms with Gasteiger partial charge in [0.15, 0.2) is 0 Å². The van der Waals surface area contributed by atoms with Crippen LogP contribution >= 0.6 is 0 Å². The number of carbonyl (C=O) groups is 8. The molecule has 0 aliphatic carbocycles. The van der Waals surface area contributed by atoms with Crippen molar-refractivity contribution in [2.24, 2.45) is 0 Å². The van der Waals surface area contributed by atoms with E-state index >= 15 is 0 Å². The van der Waals surface area contributed by atoms with E-state index in [1.54, 1.807) is 64.4 Å². The second kappa shape index (κ2) is 23.9. The van der Waals surface area contributed by atoms with E-state index in [9.17, 15) is 43.5 Å². The summed E-state index contributed by atoms with van der Waals surface area (Å²) in [4.78, 5) is 104. The topological polar surface area (TPSA) is 245 Å². The molecule has 0 unspecified atom stereocenters. The van der Waals surface area contributed by atoms with Gasteiger partial charge in [0.05, 0.1) is 59.2 Å². The fraction of sp³-hybridized carbons (Fsp3) is 0.436. The predicted octanol–water partition coefficient (Wildman–Crippen LogP) is -2.31. The number of amides is 8. The maximum Gasteiger partial charge on any atom is 0.253 e. The average molecular weight is 807 g/mol. The highest BCUT2D eigenvalue weighted by Crippen LogP contribution is 2.10. The number of rotatable bonds is 17. The van der Waals surface area contributed by atoms with Crippen LogP contribution in [0, 0.1) is 0 Å². The molecule has 4 rings (SSSR count). The zero-order valence-electron chi connectivity index (χ0n) is 32.1. The summed E-state index contributed by atoms with van der Waals surface area (Å²) in [7, 11) is 0. The molecular formula is C39H50N8O11. The van der Waals surface area contributed by atoms with Crippen molar-refractivity contribution in [1.82, 2.24) is 36.0 Å². The Morgan fingerprint density at radius 1 is 0.672 bits per heavy atom. The summed E-state index contributed by atoms with van der Waals surface area (Å²) in [6, 6.07) is 14.4. The molecule has 0 spiro atoms. The minimum absolute atomic E-state index is 0.0131. The third kappa shape index (κ3) is 15.8. The minimum Gasteiger partial charge on any atom is -0.392 e. The second-order valence-electron chi connectivity index (χ2n) is 13.3. The van der Waals surface area contributed by atoms with E-state index in [4.69, 9.17) is 9.47 Å². The lowest BCUT2D eigenvalue weighted by atomic mass is 10.1. The normalized spacial score (nSPS) is 15.7. The third-order valence-electron chi connectivity index (χ3n) is 8.95. The van der Waals surface area contributed by atoms with Gasteiger partial charge in [-0.15, -0.1) is 0 Å². The number of anilines is 1. The van der Waals surface area contributed by atoms with Crippen molar-refractivity contribution in [2.75, 3.05) is 90.6 Å². The van der Waals surface area contributed by atoms with Crippen LogP contribution in [0.2, 0.25) is 0 Å². The lowest BCUT2D eigenvalue weighted by molar-refractivity contribution is -0.139. The summed E-state index contributed by atoms with van der Waals surface area (Å²) in [5.41, 5.74) is 1.90. The Bertz CT molecular complexity index is 1740. The van der Waals surface area contributed by atoms with Crippen molar-refractivity contribution >= 4 is 52.9 Å². The highest BCUT2D eigenvalue weighted by atomic mass is 16.5. The first-order chi connectivity index (χ1) is 28.0. The Morgan fingerprint density at radius 2 is 1.26 bits per heavy atom. The minimum atomic E-state index is -1.07. The molecule has 0 radical (unpaired) electrons. The van der Waals surface area contributed by atoms with Crippen LogP contribution in [0.5, 0.6) is 0 Å². The van der Waals surface area contributed by atoms with Gasteiger partial charge >= 0.3 is 0 Å². The van der Waals surface area contributed by atoms with E-state index < -0.39 is 60.5 Å². The van der Waals surface area contributed by atoms with E-state index in [-0.39, 0.29) is 84.5 Å². The van der Waals surface area contributed by atoms with Crippen LogP contribution in [0.4, 0.5) is 5.69 Å². The number of benzene rings is 2. The standard InChI is InChI=1S/C39H50N8O11/c48-27-29-6-8-30(9-7-29)43-33(50)25-42-39(56)31(22-28-4-2-1-3-5-28)44-34(51)24-40-32(49)23-41-35(52)26-45-14-18-57-20-16-46(17-21-58-19-15-45)36(53)12-13-47-37(54)10-11-38(47)55/h1-11,31,48H,12-27H2,(H,40,49)(H,41,52)(H,42,56)(H,43,50)(H,44,51)/t31-/m0/s1. The van der Waals surface area contributed by atoms with Gasteiger partial charge in [0, 0.05) is 63.4 Å². The molecule has 19 nitrogen and oxygen atoms in total. The fourth-order valence-electron chi connectivity index (χ4n) is 5.76. The van der Waals surface area contributed by atoms with Crippen LogP contribution < -0.4 is 26.6 Å². The number of aliphatic hydroxyl groups excluding tert-OH is 1. The van der Waals surface area contributed by atoms with Gasteiger partial charge in [-0.1, -0.05) is 42.5 Å². The molecule has 8 amide bonds. The van der Waals surface area contributed by atoms with E-state index in [1.807, 2.05) is 0 Å². The summed E-state index contributed by atoms with van der Waals surface area (Å²) < 4.78 is 11.4. The number of ether oxygens (including phenoxy) is 2. The number of hydrogen-bond acceptors (Lipinski definition) is 12. The van der Waals surface area contributed by atoms with Crippen molar-refractivity contribution < 1.29 is 52.9 Å². The molecule has 2 aromatic carbocycles. The maximum atomic E-state index is 13.1. The molecule has 19 heteroatoms. The van der Waals surface area contributed by atoms with Crippen LogP contribution in [0.15, 0.2) is 66.7 Å². The van der Waals surface area contributed by atoms with Gasteiger partial charge < -0.3 is 46.1 Å². The fourth-order valence-corrected chi connectivity index (χ4v) is 5.76. The highest BCUT2D eigenvalue weighted by Gasteiger charge is 2.26. The van der Waals surface area contributed by atoms with Crippen LogP contribution in [-0.2, 0) is 60.9 Å². The molecule has 0 saturated carbocycles. The van der Waals surface area contributed by atoms with Crippen molar-refractivity contribution in [3.8, 4) is 0 Å². The third-order valence-corrected chi connectivity index (χ3v) is 8.95. The molecule has 0 aromatic heterocycles. The molecule has 2 aromatic rings. The van der Waals surface area contributed by atoms with Crippen molar-refractivity contribution in [3.05, 3.63) is 77.9 Å². The predicted molar refractivity (Wildman–Crippen MR) is 207 cm³/mol. The molecule has 1 fully saturated rings. The van der Waals surface area contributed by atoms with Crippen LogP contribution in [0.25, 0.3) is 0 Å². The summed E-state index contributed by atoms with van der Waals surface area (Å²) in [5, 5.41) is 21.9. The Hall–Kier alpha value is -6.02. The number of nitrogens with zero attached hydrogens (tertiary/aromatic N) is 3. The molecule has 2 heterocycles. The van der Waals surface area contributed by atoms with E-state index in [0.717, 1.165) is 10.5 Å². The van der Waals surface area contributed by atoms with Gasteiger partial charge in [-0.2, -0.15) is 0 Å². The number of carbonyl (C=O) groups excluding carboxylic acids is 8. The largest absolute Gasteiger partial charge is 0.392 e. The monoisotopic (exact) mass is 806 g/mol.